The van der Waals surface area contributed by atoms with Crippen LogP contribution in [0.5, 0.6) is 5.75 Å². The molecule has 2 aromatic carbocycles. The van der Waals surface area contributed by atoms with Crippen LogP contribution in [0.2, 0.25) is 0 Å². The van der Waals surface area contributed by atoms with Crippen LogP contribution in [-0.2, 0) is 25.7 Å². The van der Waals surface area contributed by atoms with Gasteiger partial charge in [0.25, 0.3) is 5.69 Å². The lowest BCUT2D eigenvalue weighted by atomic mass is 10.1. The Hall–Kier alpha value is -4.52. The number of hydrogen-bond donors (Lipinski definition) is 2. The second-order valence-electron chi connectivity index (χ2n) is 9.23. The highest BCUT2D eigenvalue weighted by atomic mass is 16.6. The van der Waals surface area contributed by atoms with Gasteiger partial charge < -0.3 is 24.8 Å². The smallest absolute Gasteiger partial charge is 0.410 e. The summed E-state index contributed by atoms with van der Waals surface area (Å²) < 4.78 is 10.4. The van der Waals surface area contributed by atoms with Crippen LogP contribution in [0.25, 0.3) is 0 Å². The van der Waals surface area contributed by atoms with Crippen molar-refractivity contribution in [2.24, 2.45) is 0 Å². The lowest BCUT2D eigenvalue weighted by Gasteiger charge is -2.30. The molecule has 2 aromatic rings. The molecule has 4 rings (SSSR count). The molecule has 2 saturated heterocycles. The van der Waals surface area contributed by atoms with Crippen LogP contribution in [0.4, 0.5) is 10.5 Å². The Balaban J connectivity index is 1.31. The number of amides is 3. The topological polar surface area (TPSA) is 169 Å². The predicted molar refractivity (Wildman–Crippen MR) is 134 cm³/mol. The van der Waals surface area contributed by atoms with E-state index in [0.717, 1.165) is 5.56 Å². The lowest BCUT2D eigenvalue weighted by Crippen LogP contribution is -2.53. The monoisotopic (exact) mass is 540 g/mol. The van der Waals surface area contributed by atoms with Crippen LogP contribution in [0.15, 0.2) is 54.6 Å². The van der Waals surface area contributed by atoms with Crippen LogP contribution in [0.3, 0.4) is 0 Å². The Labute approximate surface area is 223 Å². The molecule has 13 nitrogen and oxygen atoms in total. The zero-order valence-electron chi connectivity index (χ0n) is 20.9. The number of carbonyl (C=O) groups is 4. The number of aliphatic hydroxyl groups excluding tert-OH is 1. The molecule has 0 aromatic heterocycles. The second kappa shape index (κ2) is 12.3. The third kappa shape index (κ3) is 6.87. The maximum absolute atomic E-state index is 13.4. The molecule has 39 heavy (non-hydrogen) atoms. The number of hydrogen-bond acceptors (Lipinski definition) is 9. The Morgan fingerprint density at radius 3 is 2.44 bits per heavy atom. The molecule has 1 unspecified atom stereocenters. The first-order chi connectivity index (χ1) is 18.7. The van der Waals surface area contributed by atoms with E-state index in [1.165, 1.54) is 34.1 Å². The zero-order chi connectivity index (χ0) is 27.9. The van der Waals surface area contributed by atoms with E-state index in [1.54, 1.807) is 12.1 Å². The summed E-state index contributed by atoms with van der Waals surface area (Å²) in [5.41, 5.74) is 0.615. The summed E-state index contributed by atoms with van der Waals surface area (Å²) in [5.74, 6) is -1.75. The van der Waals surface area contributed by atoms with Gasteiger partial charge in [-0.05, 0) is 30.5 Å². The van der Waals surface area contributed by atoms with Crippen LogP contribution < -0.4 is 10.1 Å². The number of rotatable bonds is 8. The van der Waals surface area contributed by atoms with Gasteiger partial charge in [-0.1, -0.05) is 30.3 Å². The Morgan fingerprint density at radius 1 is 1.03 bits per heavy atom. The van der Waals surface area contributed by atoms with Crippen LogP contribution in [0.1, 0.15) is 24.8 Å². The van der Waals surface area contributed by atoms with Gasteiger partial charge in [-0.25, -0.2) is 9.59 Å². The van der Waals surface area contributed by atoms with Gasteiger partial charge in [0.2, 0.25) is 11.8 Å². The van der Waals surface area contributed by atoms with Gasteiger partial charge >= 0.3 is 12.1 Å². The van der Waals surface area contributed by atoms with Crippen molar-refractivity contribution in [3.63, 3.8) is 0 Å². The molecule has 206 valence electrons. The number of benzene rings is 2. The molecule has 2 aliphatic rings. The molecule has 2 heterocycles. The van der Waals surface area contributed by atoms with Gasteiger partial charge in [-0.15, -0.1) is 0 Å². The minimum absolute atomic E-state index is 0.0118. The standard InChI is InChI=1S/C26H28N4O9/c31-19-13-22(29(15-19)26(35)38-16-17-5-2-1-3-6-17)25(34)28-12-4-7-21(28)24(33)27-14-23(32)39-20-10-8-18(9-11-20)30(36)37/h1-3,5-6,8-11,19,21-22,31H,4,7,12-16H2,(H,27,33)/t19?,21-,22-/m0/s1. The first-order valence-corrected chi connectivity index (χ1v) is 12.4. The van der Waals surface area contributed by atoms with Crippen LogP contribution in [0, 0.1) is 10.1 Å². The van der Waals surface area contributed by atoms with E-state index in [9.17, 15) is 34.4 Å². The number of nitro groups is 1. The van der Waals surface area contributed by atoms with Gasteiger partial charge in [0, 0.05) is 25.1 Å². The van der Waals surface area contributed by atoms with E-state index in [2.05, 4.69) is 5.32 Å². The number of nitrogens with one attached hydrogen (secondary N) is 1. The normalized spacial score (nSPS) is 20.4. The fourth-order valence-corrected chi connectivity index (χ4v) is 4.63. The zero-order valence-corrected chi connectivity index (χ0v) is 20.9. The van der Waals surface area contributed by atoms with Crippen molar-refractivity contribution < 1.29 is 38.7 Å². The first kappa shape index (κ1) is 27.5. The summed E-state index contributed by atoms with van der Waals surface area (Å²) in [4.78, 5) is 63.8. The highest BCUT2D eigenvalue weighted by Crippen LogP contribution is 2.26. The molecule has 13 heteroatoms. The molecule has 2 fully saturated rings. The van der Waals surface area contributed by atoms with E-state index in [0.29, 0.717) is 12.8 Å². The number of carbonyl (C=O) groups excluding carboxylic acids is 4. The summed E-state index contributed by atoms with van der Waals surface area (Å²) in [6.07, 6.45) is -0.714. The number of likely N-dealkylation sites (tertiary alicyclic amines) is 2. The van der Waals surface area contributed by atoms with Crippen molar-refractivity contribution in [2.45, 2.75) is 44.1 Å². The molecule has 0 aliphatic carbocycles. The third-order valence-corrected chi connectivity index (χ3v) is 6.53. The highest BCUT2D eigenvalue weighted by molar-refractivity contribution is 5.93. The average Bonchev–Trinajstić information content (AvgIpc) is 3.58. The molecular weight excluding hydrogens is 512 g/mol. The number of nitrogens with zero attached hydrogens (tertiary/aromatic N) is 3. The number of ether oxygens (including phenoxy) is 2. The van der Waals surface area contributed by atoms with Crippen molar-refractivity contribution in [1.82, 2.24) is 15.1 Å². The fourth-order valence-electron chi connectivity index (χ4n) is 4.63. The summed E-state index contributed by atoms with van der Waals surface area (Å²) in [6, 6.07) is 12.1. The van der Waals surface area contributed by atoms with Crippen molar-refractivity contribution >= 4 is 29.6 Å². The summed E-state index contributed by atoms with van der Waals surface area (Å²) >= 11 is 0. The van der Waals surface area contributed by atoms with Crippen molar-refractivity contribution in [2.75, 3.05) is 19.6 Å². The number of non-ortho nitro benzene ring substituents is 1. The fraction of sp³-hybridized carbons (Fsp3) is 0.385. The Morgan fingerprint density at radius 2 is 1.74 bits per heavy atom. The molecule has 0 spiro atoms. The SMILES string of the molecule is O=C(CNC(=O)[C@@H]1CCCN1C(=O)[C@@H]1CC(O)CN1C(=O)OCc1ccccc1)Oc1ccc([N+](=O)[O-])cc1. The van der Waals surface area contributed by atoms with Gasteiger partial charge in [0.15, 0.2) is 0 Å². The molecular formula is C26H28N4O9. The van der Waals surface area contributed by atoms with Crippen LogP contribution in [-0.4, -0.2) is 81.5 Å². The summed E-state index contributed by atoms with van der Waals surface area (Å²) in [7, 11) is 0. The third-order valence-electron chi connectivity index (χ3n) is 6.53. The summed E-state index contributed by atoms with van der Waals surface area (Å²) in [6.45, 7) is -0.251. The van der Waals surface area contributed by atoms with Crippen LogP contribution >= 0.6 is 0 Å². The maximum Gasteiger partial charge on any atom is 0.410 e. The highest BCUT2D eigenvalue weighted by Gasteiger charge is 2.45. The quantitative estimate of drug-likeness (QED) is 0.217. The van der Waals surface area contributed by atoms with Gasteiger partial charge in [0.1, 0.15) is 31.0 Å². The summed E-state index contributed by atoms with van der Waals surface area (Å²) in [5, 5.41) is 23.4. The Bertz CT molecular complexity index is 1220. The van der Waals surface area contributed by atoms with Crippen molar-refractivity contribution in [3.05, 3.63) is 70.3 Å². The van der Waals surface area contributed by atoms with E-state index >= 15 is 0 Å². The van der Waals surface area contributed by atoms with Crippen molar-refractivity contribution in [3.8, 4) is 5.75 Å². The number of aliphatic hydroxyl groups is 1. The molecule has 3 amide bonds. The largest absolute Gasteiger partial charge is 0.445 e. The van der Waals surface area contributed by atoms with Crippen molar-refractivity contribution in [1.29, 1.82) is 0 Å². The Kier molecular flexibility index (Phi) is 8.71. The lowest BCUT2D eigenvalue weighted by molar-refractivity contribution is -0.384. The molecule has 0 bridgehead atoms. The second-order valence-corrected chi connectivity index (χ2v) is 9.23. The molecule has 0 radical (unpaired) electrons. The minimum Gasteiger partial charge on any atom is -0.445 e. The van der Waals surface area contributed by atoms with E-state index in [-0.39, 0.29) is 37.6 Å². The molecule has 0 saturated carbocycles. The van der Waals surface area contributed by atoms with E-state index in [4.69, 9.17) is 9.47 Å². The van der Waals surface area contributed by atoms with Gasteiger partial charge in [-0.3, -0.25) is 24.6 Å². The van der Waals surface area contributed by atoms with E-state index in [1.807, 2.05) is 18.2 Å². The van der Waals surface area contributed by atoms with Gasteiger partial charge in [-0.2, -0.15) is 0 Å². The number of esters is 1. The first-order valence-electron chi connectivity index (χ1n) is 12.4. The predicted octanol–water partition coefficient (Wildman–Crippen LogP) is 1.38. The minimum atomic E-state index is -0.983. The number of β-amino-alcohol motifs (C(OH)–C–C–N with tert-alkyl or cyclic N) is 1. The molecule has 2 N–H and O–H groups in total. The number of nitro benzene ring substituents is 1. The maximum atomic E-state index is 13.4. The van der Waals surface area contributed by atoms with Gasteiger partial charge in [0.05, 0.1) is 17.6 Å². The van der Waals surface area contributed by atoms with E-state index < -0.39 is 53.5 Å². The molecule has 3 atom stereocenters. The molecule has 2 aliphatic heterocycles. The average molecular weight is 541 g/mol.